The van der Waals surface area contributed by atoms with Gasteiger partial charge in [0.25, 0.3) is 0 Å². The molecule has 0 bridgehead atoms. The highest BCUT2D eigenvalue weighted by atomic mass is 19.1. The molecule has 2 fully saturated rings. The van der Waals surface area contributed by atoms with Gasteiger partial charge >= 0.3 is 12.2 Å². The first-order chi connectivity index (χ1) is 16.4. The molecule has 3 unspecified atom stereocenters. The molecule has 3 atom stereocenters. The molecule has 3 aliphatic rings. The Bertz CT molecular complexity index is 1000. The molecule has 0 radical (unpaired) electrons. The summed E-state index contributed by atoms with van der Waals surface area (Å²) in [5.41, 5.74) is 0.110. The highest BCUT2D eigenvalue weighted by molar-refractivity contribution is 5.90. The number of cyclic esters (lactones) is 1. The monoisotopic (exact) mass is 490 g/mol. The van der Waals surface area contributed by atoms with E-state index < -0.39 is 36.0 Å². The predicted molar refractivity (Wildman–Crippen MR) is 128 cm³/mol. The lowest BCUT2D eigenvalue weighted by Gasteiger charge is -2.40. The Morgan fingerprint density at radius 1 is 1.26 bits per heavy atom. The molecule has 1 saturated carbocycles. The summed E-state index contributed by atoms with van der Waals surface area (Å²) in [4.78, 5) is 25.6. The third-order valence-electron chi connectivity index (χ3n) is 6.75. The maximum absolute atomic E-state index is 15.1. The molecule has 1 aliphatic carbocycles. The van der Waals surface area contributed by atoms with Crippen LogP contribution < -0.4 is 10.2 Å². The second-order valence-corrected chi connectivity index (χ2v) is 11.1. The number of anilines is 1. The summed E-state index contributed by atoms with van der Waals surface area (Å²) in [6.45, 7) is 10.0. The molecule has 192 valence electrons. The number of hydrogen-bond donors (Lipinski definition) is 1. The average molecular weight is 491 g/mol. The van der Waals surface area contributed by atoms with Crippen molar-refractivity contribution in [1.82, 2.24) is 5.32 Å². The number of carbonyl (C=O) groups excluding carboxylic acids is 2. The van der Waals surface area contributed by atoms with Gasteiger partial charge in [-0.2, -0.15) is 0 Å². The van der Waals surface area contributed by atoms with E-state index in [2.05, 4.69) is 19.2 Å². The van der Waals surface area contributed by atoms with Gasteiger partial charge in [-0.3, -0.25) is 4.90 Å². The minimum absolute atomic E-state index is 0.0920. The fourth-order valence-corrected chi connectivity index (χ4v) is 4.86. The number of amides is 2. The van der Waals surface area contributed by atoms with Gasteiger partial charge < -0.3 is 24.3 Å². The number of nitrogens with one attached hydrogen (secondary N) is 1. The van der Waals surface area contributed by atoms with Gasteiger partial charge in [-0.05, 0) is 57.2 Å². The lowest BCUT2D eigenvalue weighted by Crippen LogP contribution is -2.38. The van der Waals surface area contributed by atoms with E-state index in [0.717, 1.165) is 19.3 Å². The number of hydrogen-bond acceptors (Lipinski definition) is 6. The van der Waals surface area contributed by atoms with Crippen LogP contribution in [0, 0.1) is 17.2 Å². The number of benzene rings is 1. The van der Waals surface area contributed by atoms with E-state index in [0.29, 0.717) is 11.4 Å². The quantitative estimate of drug-likeness (QED) is 0.581. The van der Waals surface area contributed by atoms with Crippen molar-refractivity contribution >= 4 is 23.6 Å². The number of nitrogens with zero attached hydrogens (tertiary/aromatic N) is 1. The van der Waals surface area contributed by atoms with Crippen molar-refractivity contribution in [3.05, 3.63) is 35.8 Å². The van der Waals surface area contributed by atoms with Gasteiger partial charge in [-0.15, -0.1) is 0 Å². The van der Waals surface area contributed by atoms with Gasteiger partial charge in [0, 0.05) is 5.92 Å². The molecule has 1 aromatic carbocycles. The van der Waals surface area contributed by atoms with Crippen LogP contribution in [0.4, 0.5) is 19.7 Å². The fourth-order valence-electron chi connectivity index (χ4n) is 4.86. The van der Waals surface area contributed by atoms with E-state index >= 15 is 4.39 Å². The second-order valence-electron chi connectivity index (χ2n) is 11.1. The maximum Gasteiger partial charge on any atom is 0.414 e. The Hall–Kier alpha value is -2.97. The van der Waals surface area contributed by atoms with Crippen LogP contribution in [0.25, 0.3) is 5.76 Å². The number of rotatable bonds is 5. The summed E-state index contributed by atoms with van der Waals surface area (Å²) in [6, 6.07) is 4.50. The molecule has 35 heavy (non-hydrogen) atoms. The molecule has 0 spiro atoms. The highest BCUT2D eigenvalue weighted by Crippen LogP contribution is 2.46. The van der Waals surface area contributed by atoms with Gasteiger partial charge in [0.05, 0.1) is 24.3 Å². The van der Waals surface area contributed by atoms with Crippen LogP contribution in [0.1, 0.15) is 65.9 Å². The first-order valence-corrected chi connectivity index (χ1v) is 12.2. The van der Waals surface area contributed by atoms with E-state index in [1.54, 1.807) is 32.9 Å². The third kappa shape index (κ3) is 5.82. The molecule has 4 rings (SSSR count). The van der Waals surface area contributed by atoms with E-state index in [4.69, 9.17) is 18.9 Å². The smallest absolute Gasteiger partial charge is 0.414 e. The molecule has 2 aliphatic heterocycles. The van der Waals surface area contributed by atoms with Crippen LogP contribution in [-0.4, -0.2) is 43.3 Å². The van der Waals surface area contributed by atoms with Gasteiger partial charge in [-0.25, -0.2) is 14.0 Å². The first kappa shape index (κ1) is 25.1. The lowest BCUT2D eigenvalue weighted by molar-refractivity contribution is -0.110. The van der Waals surface area contributed by atoms with Crippen molar-refractivity contribution in [2.24, 2.45) is 11.3 Å². The zero-order chi connectivity index (χ0) is 25.4. The predicted octanol–water partition coefficient (Wildman–Crippen LogP) is 5.56. The molecular formula is C26H35FN2O6. The molecule has 8 nitrogen and oxygen atoms in total. The average Bonchev–Trinajstić information content (AvgIpc) is 3.37. The Labute approximate surface area is 205 Å². The van der Waals surface area contributed by atoms with Crippen molar-refractivity contribution in [1.29, 1.82) is 0 Å². The molecule has 1 N–H and O–H groups in total. The molecule has 1 aromatic rings. The third-order valence-corrected chi connectivity index (χ3v) is 6.75. The maximum atomic E-state index is 15.1. The summed E-state index contributed by atoms with van der Waals surface area (Å²) < 4.78 is 37.4. The molecule has 1 saturated heterocycles. The minimum atomic E-state index is -0.627. The highest BCUT2D eigenvalue weighted by Gasteiger charge is 2.42. The summed E-state index contributed by atoms with van der Waals surface area (Å²) in [5.74, 6) is 0.0609. The summed E-state index contributed by atoms with van der Waals surface area (Å²) in [7, 11) is 0. The molecule has 0 aromatic heterocycles. The molecule has 2 amide bonds. The van der Waals surface area contributed by atoms with Crippen LogP contribution in [0.2, 0.25) is 0 Å². The Morgan fingerprint density at radius 3 is 2.71 bits per heavy atom. The number of halogens is 1. The standard InChI is InChI=1S/C26H35FN2O6/c1-25(2,3)35-23(30)28-13-17-14-29(24(31)33-17)16-9-10-18(20(27)12-16)21-15-32-22(34-21)19-8-6-7-11-26(19,4)5/h9-10,12,15,17,19,22H,6-8,11,13-14H2,1-5H3,(H,28,30). The zero-order valence-electron chi connectivity index (χ0n) is 21.1. The van der Waals surface area contributed by atoms with Crippen molar-refractivity contribution in [3.8, 4) is 0 Å². The van der Waals surface area contributed by atoms with Crippen LogP contribution in [0.5, 0.6) is 0 Å². The van der Waals surface area contributed by atoms with Crippen molar-refractivity contribution in [2.45, 2.75) is 78.3 Å². The largest absolute Gasteiger partial charge is 0.458 e. The number of alkyl carbamates (subject to hydrolysis) is 1. The summed E-state index contributed by atoms with van der Waals surface area (Å²) in [5, 5.41) is 2.59. The summed E-state index contributed by atoms with van der Waals surface area (Å²) >= 11 is 0. The van der Waals surface area contributed by atoms with Crippen molar-refractivity contribution in [2.75, 3.05) is 18.0 Å². The number of ether oxygens (including phenoxy) is 4. The molecule has 9 heteroatoms. The Balaban J connectivity index is 1.36. The lowest BCUT2D eigenvalue weighted by atomic mass is 9.68. The van der Waals surface area contributed by atoms with E-state index in [1.807, 2.05) is 0 Å². The normalized spacial score (nSPS) is 25.9. The SMILES string of the molecule is CC(C)(C)OC(=O)NCC1CN(c2ccc(C3=COC(C4CCCCC4(C)C)O3)c(F)c2)C(=O)O1. The van der Waals surface area contributed by atoms with Crippen molar-refractivity contribution < 1.29 is 32.9 Å². The topological polar surface area (TPSA) is 86.3 Å². The summed E-state index contributed by atoms with van der Waals surface area (Å²) in [6.07, 6.45) is 3.74. The molecule has 2 heterocycles. The van der Waals surface area contributed by atoms with E-state index in [-0.39, 0.29) is 30.0 Å². The number of carbonyl (C=O) groups is 2. The van der Waals surface area contributed by atoms with Crippen LogP contribution >= 0.6 is 0 Å². The minimum Gasteiger partial charge on any atom is -0.458 e. The van der Waals surface area contributed by atoms with Gasteiger partial charge in [0.15, 0.2) is 5.76 Å². The van der Waals surface area contributed by atoms with Crippen molar-refractivity contribution in [3.63, 3.8) is 0 Å². The van der Waals surface area contributed by atoms with E-state index in [1.165, 1.54) is 23.6 Å². The Morgan fingerprint density at radius 2 is 2.03 bits per heavy atom. The zero-order valence-corrected chi connectivity index (χ0v) is 21.1. The van der Waals surface area contributed by atoms with Crippen LogP contribution in [0.15, 0.2) is 24.5 Å². The first-order valence-electron chi connectivity index (χ1n) is 12.2. The second kappa shape index (κ2) is 9.59. The fraction of sp³-hybridized carbons (Fsp3) is 0.615. The Kier molecular flexibility index (Phi) is 6.88. The molecular weight excluding hydrogens is 455 g/mol. The van der Waals surface area contributed by atoms with Gasteiger partial charge in [0.2, 0.25) is 6.29 Å². The van der Waals surface area contributed by atoms with Gasteiger partial charge in [-0.1, -0.05) is 26.7 Å². The van der Waals surface area contributed by atoms with E-state index in [9.17, 15) is 9.59 Å². The van der Waals surface area contributed by atoms with Crippen LogP contribution in [0.3, 0.4) is 0 Å². The van der Waals surface area contributed by atoms with Crippen LogP contribution in [-0.2, 0) is 18.9 Å². The van der Waals surface area contributed by atoms with Gasteiger partial charge in [0.1, 0.15) is 23.8 Å².